The maximum absolute atomic E-state index is 14.6. The van der Waals surface area contributed by atoms with Gasteiger partial charge in [-0.05, 0) is 84.5 Å². The number of ether oxygens (including phenoxy) is 2. The number of nitrogens with zero attached hydrogens (tertiary/aromatic N) is 2. The molecule has 0 saturated heterocycles. The zero-order chi connectivity index (χ0) is 28.9. The zero-order valence-corrected chi connectivity index (χ0v) is 23.6. The summed E-state index contributed by atoms with van der Waals surface area (Å²) >= 11 is 0.937. The maximum Gasteiger partial charge on any atom is 0.273 e. The van der Waals surface area contributed by atoms with Gasteiger partial charge in [0.1, 0.15) is 33.9 Å². The van der Waals surface area contributed by atoms with Crippen molar-refractivity contribution in [1.29, 1.82) is 0 Å². The second kappa shape index (κ2) is 12.4. The minimum atomic E-state index is -1.11. The molecule has 1 fully saturated rings. The zero-order valence-electron chi connectivity index (χ0n) is 22.8. The molecular formula is C31H31FN4O4S. The van der Waals surface area contributed by atoms with Crippen LogP contribution in [0.4, 0.5) is 15.8 Å². The fraction of sp³-hybridized carbons (Fsp3) is 0.258. The minimum absolute atomic E-state index is 0.00265. The summed E-state index contributed by atoms with van der Waals surface area (Å²) in [6.45, 7) is 0. The molecule has 4 aromatic rings. The summed E-state index contributed by atoms with van der Waals surface area (Å²) in [4.78, 5) is 29.8. The van der Waals surface area contributed by atoms with Crippen LogP contribution in [-0.2, 0) is 4.79 Å². The van der Waals surface area contributed by atoms with E-state index in [-0.39, 0.29) is 28.2 Å². The first-order valence-electron chi connectivity index (χ1n) is 13.3. The topological polar surface area (TPSA) is 107 Å². The molecule has 3 aromatic carbocycles. The van der Waals surface area contributed by atoms with Gasteiger partial charge in [0, 0.05) is 17.3 Å². The van der Waals surface area contributed by atoms with E-state index in [1.54, 1.807) is 68.8 Å². The van der Waals surface area contributed by atoms with Gasteiger partial charge in [-0.1, -0.05) is 31.0 Å². The lowest BCUT2D eigenvalue weighted by Crippen LogP contribution is -2.46. The Kier molecular flexibility index (Phi) is 8.49. The molecule has 1 saturated carbocycles. The number of aromatic nitrogens is 1. The number of nitrogens with one attached hydrogen (secondary N) is 1. The Morgan fingerprint density at radius 2 is 1.63 bits per heavy atom. The summed E-state index contributed by atoms with van der Waals surface area (Å²) in [5.41, 5.74) is 8.60. The lowest BCUT2D eigenvalue weighted by atomic mass is 10.0. The molecule has 1 aliphatic rings. The van der Waals surface area contributed by atoms with Crippen molar-refractivity contribution < 1.29 is 23.5 Å². The third kappa shape index (κ3) is 6.02. The number of nitrogen functional groups attached to an aromatic ring is 1. The van der Waals surface area contributed by atoms with Gasteiger partial charge >= 0.3 is 0 Å². The molecule has 0 spiro atoms. The first-order valence-corrected chi connectivity index (χ1v) is 14.1. The third-order valence-corrected chi connectivity index (χ3v) is 8.08. The summed E-state index contributed by atoms with van der Waals surface area (Å²) in [5, 5.41) is 3.12. The molecule has 8 nitrogen and oxygen atoms in total. The summed E-state index contributed by atoms with van der Waals surface area (Å²) in [6, 6.07) is 18.6. The van der Waals surface area contributed by atoms with Crippen molar-refractivity contribution in [3.63, 3.8) is 0 Å². The van der Waals surface area contributed by atoms with Crippen LogP contribution in [0.3, 0.4) is 0 Å². The van der Waals surface area contributed by atoms with E-state index in [0.29, 0.717) is 28.3 Å². The van der Waals surface area contributed by atoms with E-state index < -0.39 is 17.8 Å². The quantitative estimate of drug-likeness (QED) is 0.254. The van der Waals surface area contributed by atoms with Gasteiger partial charge in [0.25, 0.3) is 5.91 Å². The van der Waals surface area contributed by atoms with Crippen molar-refractivity contribution in [2.45, 2.75) is 37.8 Å². The van der Waals surface area contributed by atoms with Crippen molar-refractivity contribution in [2.75, 3.05) is 24.9 Å². The van der Waals surface area contributed by atoms with Crippen LogP contribution in [0.25, 0.3) is 11.3 Å². The van der Waals surface area contributed by atoms with E-state index in [1.807, 2.05) is 0 Å². The summed E-state index contributed by atoms with van der Waals surface area (Å²) in [5.74, 6) is -0.193. The Balaban J connectivity index is 1.60. The number of halogens is 1. The minimum Gasteiger partial charge on any atom is -0.497 e. The molecule has 2 amide bonds. The van der Waals surface area contributed by atoms with Crippen LogP contribution in [0.1, 0.15) is 47.0 Å². The molecule has 1 aromatic heterocycles. The number of rotatable bonds is 9. The average molecular weight is 575 g/mol. The molecule has 5 rings (SSSR count). The number of nitrogens with two attached hydrogens (primary N) is 1. The average Bonchev–Trinajstić information content (AvgIpc) is 3.65. The first-order chi connectivity index (χ1) is 19.9. The first kappa shape index (κ1) is 28.1. The number of benzene rings is 3. The summed E-state index contributed by atoms with van der Waals surface area (Å²) in [7, 11) is 3.13. The normalized spacial score (nSPS) is 13.9. The second-order valence-corrected chi connectivity index (χ2v) is 10.6. The largest absolute Gasteiger partial charge is 0.497 e. The molecule has 0 aliphatic heterocycles. The second-order valence-electron chi connectivity index (χ2n) is 9.82. The van der Waals surface area contributed by atoms with Crippen LogP contribution in [-0.4, -0.2) is 36.4 Å². The van der Waals surface area contributed by atoms with Crippen molar-refractivity contribution in [2.24, 2.45) is 0 Å². The van der Waals surface area contributed by atoms with Crippen molar-refractivity contribution in [3.8, 4) is 22.8 Å². The smallest absolute Gasteiger partial charge is 0.273 e. The molecule has 212 valence electrons. The van der Waals surface area contributed by atoms with Gasteiger partial charge < -0.3 is 20.5 Å². The number of methoxy groups -OCH3 is 2. The predicted molar refractivity (Wildman–Crippen MR) is 158 cm³/mol. The molecular weight excluding hydrogens is 543 g/mol. The van der Waals surface area contributed by atoms with E-state index in [0.717, 1.165) is 37.2 Å². The SMILES string of the molecule is COc1ccc(-c2nsc(C(=O)N(c3cccc(F)c3)[C@@H](C(=O)NC3CCCC3)c3ccc(OC)cc3)c2N)cc1. The number of carbonyl (C=O) groups is 2. The Hall–Kier alpha value is -4.44. The molecule has 0 unspecified atom stereocenters. The molecule has 1 heterocycles. The van der Waals surface area contributed by atoms with Gasteiger partial charge in [0.2, 0.25) is 5.91 Å². The standard InChI is InChI=1S/C31H31FN4O4S/c1-39-24-14-10-19(11-15-24)27-26(33)29(41-35-27)31(38)36(23-9-5-6-21(32)18-23)28(20-12-16-25(40-2)17-13-20)30(37)34-22-7-3-4-8-22/h5-6,9-18,22,28H,3-4,7-8,33H2,1-2H3,(H,34,37)/t28-/m1/s1. The molecule has 10 heteroatoms. The molecule has 1 aliphatic carbocycles. The van der Waals surface area contributed by atoms with Crippen molar-refractivity contribution in [3.05, 3.63) is 89.1 Å². The number of anilines is 2. The van der Waals surface area contributed by atoms with E-state index in [4.69, 9.17) is 15.2 Å². The Bertz CT molecular complexity index is 1520. The van der Waals surface area contributed by atoms with Gasteiger partial charge in [0.15, 0.2) is 0 Å². The van der Waals surface area contributed by atoms with E-state index in [1.165, 1.54) is 23.1 Å². The summed E-state index contributed by atoms with van der Waals surface area (Å²) in [6.07, 6.45) is 3.77. The highest BCUT2D eigenvalue weighted by molar-refractivity contribution is 7.09. The van der Waals surface area contributed by atoms with E-state index in [2.05, 4.69) is 9.69 Å². The Morgan fingerprint density at radius 1 is 1.00 bits per heavy atom. The summed E-state index contributed by atoms with van der Waals surface area (Å²) < 4.78 is 29.6. The molecule has 0 bridgehead atoms. The van der Waals surface area contributed by atoms with Crippen LogP contribution >= 0.6 is 11.5 Å². The van der Waals surface area contributed by atoms with Crippen LogP contribution < -0.4 is 25.4 Å². The molecule has 0 radical (unpaired) electrons. The number of hydrogen-bond acceptors (Lipinski definition) is 7. The van der Waals surface area contributed by atoms with Crippen LogP contribution in [0.15, 0.2) is 72.8 Å². The van der Waals surface area contributed by atoms with Gasteiger partial charge in [-0.3, -0.25) is 14.5 Å². The van der Waals surface area contributed by atoms with E-state index >= 15 is 0 Å². The number of carbonyl (C=O) groups excluding carboxylic acids is 2. The highest BCUT2D eigenvalue weighted by Crippen LogP contribution is 2.37. The molecule has 3 N–H and O–H groups in total. The highest BCUT2D eigenvalue weighted by atomic mass is 32.1. The monoisotopic (exact) mass is 574 g/mol. The molecule has 1 atom stereocenters. The number of amides is 2. The van der Waals surface area contributed by atoms with Crippen molar-refractivity contribution in [1.82, 2.24) is 9.69 Å². The Morgan fingerprint density at radius 3 is 2.24 bits per heavy atom. The number of hydrogen-bond donors (Lipinski definition) is 2. The maximum atomic E-state index is 14.6. The van der Waals surface area contributed by atoms with Crippen LogP contribution in [0, 0.1) is 5.82 Å². The van der Waals surface area contributed by atoms with Crippen LogP contribution in [0.5, 0.6) is 11.5 Å². The van der Waals surface area contributed by atoms with Gasteiger partial charge in [-0.15, -0.1) is 0 Å². The van der Waals surface area contributed by atoms with E-state index in [9.17, 15) is 14.0 Å². The van der Waals surface area contributed by atoms with Crippen LogP contribution in [0.2, 0.25) is 0 Å². The van der Waals surface area contributed by atoms with Gasteiger partial charge in [-0.25, -0.2) is 4.39 Å². The lowest BCUT2D eigenvalue weighted by molar-refractivity contribution is -0.123. The Labute approximate surface area is 242 Å². The highest BCUT2D eigenvalue weighted by Gasteiger charge is 2.37. The lowest BCUT2D eigenvalue weighted by Gasteiger charge is -2.32. The molecule has 41 heavy (non-hydrogen) atoms. The van der Waals surface area contributed by atoms with Gasteiger partial charge in [0.05, 0.1) is 19.9 Å². The fourth-order valence-electron chi connectivity index (χ4n) is 5.08. The van der Waals surface area contributed by atoms with Crippen molar-refractivity contribution >= 4 is 34.7 Å². The fourth-order valence-corrected chi connectivity index (χ4v) is 5.84. The third-order valence-electron chi connectivity index (χ3n) is 7.23. The predicted octanol–water partition coefficient (Wildman–Crippen LogP) is 6.00. The van der Waals surface area contributed by atoms with Gasteiger partial charge in [-0.2, -0.15) is 4.37 Å².